The Kier molecular flexibility index (Phi) is 5.65. The van der Waals surface area contributed by atoms with Gasteiger partial charge in [-0.1, -0.05) is 30.3 Å². The Morgan fingerprint density at radius 2 is 2.04 bits per heavy atom. The molecule has 2 heterocycles. The molecule has 1 saturated heterocycles. The average Bonchev–Trinajstić information content (AvgIpc) is 3.07. The molecule has 1 aromatic carbocycles. The topological polar surface area (TPSA) is 83.3 Å². The maximum absolute atomic E-state index is 12.5. The van der Waals surface area contributed by atoms with E-state index >= 15 is 0 Å². The second-order valence-electron chi connectivity index (χ2n) is 6.60. The van der Waals surface area contributed by atoms with E-state index in [2.05, 4.69) is 39.8 Å². The fraction of sp³-hybridized carbons (Fsp3) is 0.500. The van der Waals surface area contributed by atoms with Gasteiger partial charge in [0.1, 0.15) is 12.4 Å². The van der Waals surface area contributed by atoms with Crippen molar-refractivity contribution >= 4 is 6.03 Å². The molecule has 0 aliphatic carbocycles. The largest absolute Gasteiger partial charge is 0.394 e. The summed E-state index contributed by atoms with van der Waals surface area (Å²) in [6, 6.07) is 9.80. The molecule has 1 fully saturated rings. The van der Waals surface area contributed by atoms with E-state index in [4.69, 9.17) is 0 Å². The van der Waals surface area contributed by atoms with Crippen molar-refractivity contribution < 1.29 is 9.90 Å². The number of aliphatic hydroxyl groups is 1. The van der Waals surface area contributed by atoms with Crippen LogP contribution in [-0.2, 0) is 13.5 Å². The van der Waals surface area contributed by atoms with Crippen molar-refractivity contribution in [2.45, 2.75) is 25.3 Å². The highest BCUT2D eigenvalue weighted by Gasteiger charge is 2.26. The van der Waals surface area contributed by atoms with Gasteiger partial charge in [0.25, 0.3) is 0 Å². The number of benzene rings is 1. The van der Waals surface area contributed by atoms with Crippen LogP contribution in [0.1, 0.15) is 30.3 Å². The lowest BCUT2D eigenvalue weighted by atomic mass is 9.90. The number of nitrogens with zero attached hydrogens (tertiary/aromatic N) is 4. The molecule has 1 unspecified atom stereocenters. The van der Waals surface area contributed by atoms with E-state index in [1.54, 1.807) is 17.9 Å². The van der Waals surface area contributed by atoms with Gasteiger partial charge in [-0.25, -0.2) is 4.79 Å². The molecule has 0 bridgehead atoms. The number of likely N-dealkylation sites (tertiary alicyclic amines) is 1. The van der Waals surface area contributed by atoms with E-state index in [1.807, 2.05) is 11.0 Å². The highest BCUT2D eigenvalue weighted by atomic mass is 16.3. The molecule has 1 aliphatic heterocycles. The fourth-order valence-electron chi connectivity index (χ4n) is 3.33. The van der Waals surface area contributed by atoms with E-state index in [0.29, 0.717) is 11.7 Å². The summed E-state index contributed by atoms with van der Waals surface area (Å²) < 4.78 is 1.70. The van der Waals surface area contributed by atoms with E-state index in [-0.39, 0.29) is 12.6 Å². The summed E-state index contributed by atoms with van der Waals surface area (Å²) in [6.45, 7) is 1.27. The number of nitrogens with one attached hydrogen (secondary N) is 1. The number of piperidine rings is 1. The van der Waals surface area contributed by atoms with Crippen molar-refractivity contribution in [2.24, 2.45) is 13.0 Å². The molecular weight excluding hydrogens is 318 g/mol. The molecule has 3 rings (SSSR count). The summed E-state index contributed by atoms with van der Waals surface area (Å²) in [7, 11) is 1.79. The molecule has 7 heteroatoms. The minimum absolute atomic E-state index is 0.153. The maximum atomic E-state index is 12.5. The molecule has 0 saturated carbocycles. The molecule has 2 amide bonds. The minimum atomic E-state index is -0.540. The van der Waals surface area contributed by atoms with E-state index in [9.17, 15) is 9.90 Å². The van der Waals surface area contributed by atoms with Gasteiger partial charge in [0.05, 0.1) is 6.61 Å². The van der Waals surface area contributed by atoms with Crippen molar-refractivity contribution in [2.75, 3.05) is 19.7 Å². The summed E-state index contributed by atoms with van der Waals surface area (Å²) in [5, 5.41) is 20.2. The smallest absolute Gasteiger partial charge is 0.318 e. The molecule has 25 heavy (non-hydrogen) atoms. The van der Waals surface area contributed by atoms with Crippen LogP contribution in [0.4, 0.5) is 4.79 Å². The van der Waals surface area contributed by atoms with Gasteiger partial charge in [0, 0.05) is 20.1 Å². The van der Waals surface area contributed by atoms with Crippen LogP contribution in [0.25, 0.3) is 0 Å². The van der Waals surface area contributed by atoms with E-state index in [1.165, 1.54) is 5.56 Å². The number of aliphatic hydroxyl groups excluding tert-OH is 1. The van der Waals surface area contributed by atoms with Gasteiger partial charge in [0.2, 0.25) is 0 Å². The van der Waals surface area contributed by atoms with Crippen molar-refractivity contribution in [1.82, 2.24) is 25.0 Å². The first-order chi connectivity index (χ1) is 12.2. The van der Waals surface area contributed by atoms with Crippen LogP contribution in [-0.4, -0.2) is 50.5 Å². The van der Waals surface area contributed by atoms with Gasteiger partial charge < -0.3 is 19.9 Å². The second-order valence-corrected chi connectivity index (χ2v) is 6.60. The SMILES string of the molecule is Cn1cnnc1C(CO)NC(=O)N1CCC(Cc2ccccc2)CC1. The number of aromatic nitrogens is 3. The molecule has 2 aromatic rings. The van der Waals surface area contributed by atoms with Crippen molar-refractivity contribution in [3.8, 4) is 0 Å². The number of rotatable bonds is 5. The van der Waals surface area contributed by atoms with Gasteiger partial charge in [-0.3, -0.25) is 0 Å². The average molecular weight is 343 g/mol. The number of aryl methyl sites for hydroxylation is 1. The van der Waals surface area contributed by atoms with Crippen LogP contribution in [0.15, 0.2) is 36.7 Å². The predicted molar refractivity (Wildman–Crippen MR) is 93.8 cm³/mol. The molecular formula is C18H25N5O2. The predicted octanol–water partition coefficient (Wildman–Crippen LogP) is 1.51. The zero-order chi connectivity index (χ0) is 17.6. The highest BCUT2D eigenvalue weighted by Crippen LogP contribution is 2.22. The van der Waals surface area contributed by atoms with E-state index < -0.39 is 6.04 Å². The van der Waals surface area contributed by atoms with Gasteiger partial charge in [-0.15, -0.1) is 10.2 Å². The zero-order valence-electron chi connectivity index (χ0n) is 14.5. The molecule has 0 radical (unpaired) electrons. The Morgan fingerprint density at radius 3 is 2.64 bits per heavy atom. The van der Waals surface area contributed by atoms with Crippen LogP contribution in [0.3, 0.4) is 0 Å². The molecule has 7 nitrogen and oxygen atoms in total. The summed E-state index contributed by atoms with van der Waals surface area (Å²) >= 11 is 0. The third-order valence-corrected chi connectivity index (χ3v) is 4.81. The standard InChI is InChI=1S/C18H25N5O2/c1-22-13-19-21-17(22)16(12-24)20-18(25)23-9-7-15(8-10-23)11-14-5-3-2-4-6-14/h2-6,13,15-16,24H,7-12H2,1H3,(H,20,25). The number of urea groups is 1. The first-order valence-electron chi connectivity index (χ1n) is 8.71. The van der Waals surface area contributed by atoms with Crippen LogP contribution in [0.2, 0.25) is 0 Å². The maximum Gasteiger partial charge on any atom is 0.318 e. The number of carbonyl (C=O) groups excluding carboxylic acids is 1. The molecule has 2 N–H and O–H groups in total. The Balaban J connectivity index is 1.50. The molecule has 0 spiro atoms. The molecule has 1 aliphatic rings. The van der Waals surface area contributed by atoms with Crippen molar-refractivity contribution in [3.63, 3.8) is 0 Å². The second kappa shape index (κ2) is 8.11. The quantitative estimate of drug-likeness (QED) is 0.862. The Morgan fingerprint density at radius 1 is 1.32 bits per heavy atom. The molecule has 1 atom stereocenters. The van der Waals surface area contributed by atoms with Gasteiger partial charge in [-0.2, -0.15) is 0 Å². The van der Waals surface area contributed by atoms with Crippen LogP contribution in [0, 0.1) is 5.92 Å². The first kappa shape index (κ1) is 17.4. The third kappa shape index (κ3) is 4.36. The van der Waals surface area contributed by atoms with Crippen molar-refractivity contribution in [3.05, 3.63) is 48.0 Å². The van der Waals surface area contributed by atoms with Crippen molar-refractivity contribution in [1.29, 1.82) is 0 Å². The Bertz CT molecular complexity index is 680. The van der Waals surface area contributed by atoms with Crippen LogP contribution >= 0.6 is 0 Å². The number of amides is 2. The third-order valence-electron chi connectivity index (χ3n) is 4.81. The molecule has 134 valence electrons. The lowest BCUT2D eigenvalue weighted by Gasteiger charge is -2.33. The molecule has 1 aromatic heterocycles. The summed E-state index contributed by atoms with van der Waals surface area (Å²) in [6.07, 6.45) is 4.61. The van der Waals surface area contributed by atoms with Crippen LogP contribution < -0.4 is 5.32 Å². The monoisotopic (exact) mass is 343 g/mol. The van der Waals surface area contributed by atoms with E-state index in [0.717, 1.165) is 32.4 Å². The minimum Gasteiger partial charge on any atom is -0.394 e. The number of carbonyl (C=O) groups is 1. The van der Waals surface area contributed by atoms with Gasteiger partial charge >= 0.3 is 6.03 Å². The lowest BCUT2D eigenvalue weighted by Crippen LogP contribution is -2.46. The number of hydrogen-bond acceptors (Lipinski definition) is 4. The summed E-state index contributed by atoms with van der Waals surface area (Å²) in [4.78, 5) is 14.3. The Hall–Kier alpha value is -2.41. The van der Waals surface area contributed by atoms with Crippen LogP contribution in [0.5, 0.6) is 0 Å². The lowest BCUT2D eigenvalue weighted by molar-refractivity contribution is 0.158. The first-order valence-corrected chi connectivity index (χ1v) is 8.71. The highest BCUT2D eigenvalue weighted by molar-refractivity contribution is 5.74. The normalized spacial score (nSPS) is 16.6. The van der Waals surface area contributed by atoms with Gasteiger partial charge in [0.15, 0.2) is 5.82 Å². The summed E-state index contributed by atoms with van der Waals surface area (Å²) in [5.41, 5.74) is 1.35. The Labute approximate surface area is 147 Å². The number of hydrogen-bond donors (Lipinski definition) is 2. The summed E-state index contributed by atoms with van der Waals surface area (Å²) in [5.74, 6) is 1.16. The zero-order valence-corrected chi connectivity index (χ0v) is 14.5. The fourth-order valence-corrected chi connectivity index (χ4v) is 3.33. The van der Waals surface area contributed by atoms with Gasteiger partial charge in [-0.05, 0) is 30.7 Å².